The highest BCUT2D eigenvalue weighted by molar-refractivity contribution is 8.00. The average molecular weight is 230 g/mol. The number of ether oxygens (including phenoxy) is 1. The lowest BCUT2D eigenvalue weighted by Crippen LogP contribution is -2.04. The van der Waals surface area contributed by atoms with Crippen molar-refractivity contribution in [2.75, 3.05) is 6.61 Å². The van der Waals surface area contributed by atoms with Gasteiger partial charge >= 0.3 is 0 Å². The molecule has 0 saturated heterocycles. The fourth-order valence-corrected chi connectivity index (χ4v) is 1.97. The summed E-state index contributed by atoms with van der Waals surface area (Å²) in [5.74, 6) is 0. The van der Waals surface area contributed by atoms with Gasteiger partial charge < -0.3 is 4.74 Å². The predicted molar refractivity (Wildman–Crippen MR) is 58.0 cm³/mol. The minimum atomic E-state index is -1.71. The molecule has 0 aliphatic rings. The van der Waals surface area contributed by atoms with Gasteiger partial charge in [0.05, 0.1) is 0 Å². The lowest BCUT2D eigenvalue weighted by atomic mass is 10.4. The molecule has 0 saturated carbocycles. The van der Waals surface area contributed by atoms with Gasteiger partial charge in [-0.3, -0.25) is 0 Å². The van der Waals surface area contributed by atoms with E-state index in [4.69, 9.17) is 4.74 Å². The second-order valence-electron chi connectivity index (χ2n) is 2.71. The summed E-state index contributed by atoms with van der Waals surface area (Å²) < 4.78 is 29.3. The molecular formula is C11H12F2OS. The van der Waals surface area contributed by atoms with E-state index in [2.05, 4.69) is 0 Å². The molecule has 0 aromatic heterocycles. The molecule has 15 heavy (non-hydrogen) atoms. The normalized spacial score (nSPS) is 12.2. The van der Waals surface area contributed by atoms with E-state index >= 15 is 0 Å². The van der Waals surface area contributed by atoms with Crippen LogP contribution in [0, 0.1) is 0 Å². The van der Waals surface area contributed by atoms with E-state index in [9.17, 15) is 8.78 Å². The van der Waals surface area contributed by atoms with Gasteiger partial charge in [0.1, 0.15) is 5.44 Å². The summed E-state index contributed by atoms with van der Waals surface area (Å²) >= 11 is 1.26. The van der Waals surface area contributed by atoms with Crippen molar-refractivity contribution in [3.63, 3.8) is 0 Å². The quantitative estimate of drug-likeness (QED) is 0.560. The van der Waals surface area contributed by atoms with Gasteiger partial charge in [0.2, 0.25) is 0 Å². The topological polar surface area (TPSA) is 9.23 Å². The number of halogens is 2. The van der Waals surface area contributed by atoms with E-state index in [0.29, 0.717) is 6.61 Å². The summed E-state index contributed by atoms with van der Waals surface area (Å²) in [6.07, 6.45) is -0.891. The molecule has 0 bridgehead atoms. The van der Waals surface area contributed by atoms with Crippen molar-refractivity contribution < 1.29 is 13.5 Å². The Hall–Kier alpha value is -0.870. The van der Waals surface area contributed by atoms with E-state index < -0.39 is 11.5 Å². The van der Waals surface area contributed by atoms with Crippen LogP contribution in [-0.2, 0) is 4.74 Å². The lowest BCUT2D eigenvalue weighted by Gasteiger charge is -2.11. The number of hydrogen-bond acceptors (Lipinski definition) is 2. The standard InChI is InChI=1S/C11H12F2OS/c1-2-14-11(8-10(12)13)15-9-6-4-3-5-7-9/h3-8,11H,2H2,1H3. The zero-order valence-corrected chi connectivity index (χ0v) is 9.14. The molecule has 1 aromatic carbocycles. The van der Waals surface area contributed by atoms with E-state index in [-0.39, 0.29) is 0 Å². The molecule has 4 heteroatoms. The van der Waals surface area contributed by atoms with E-state index in [0.717, 1.165) is 11.0 Å². The van der Waals surface area contributed by atoms with Crippen LogP contribution in [0.1, 0.15) is 6.92 Å². The minimum absolute atomic E-state index is 0.411. The first-order valence-electron chi connectivity index (χ1n) is 4.58. The van der Waals surface area contributed by atoms with Crippen molar-refractivity contribution in [2.45, 2.75) is 17.3 Å². The van der Waals surface area contributed by atoms with Crippen LogP contribution in [0.5, 0.6) is 0 Å². The first-order chi connectivity index (χ1) is 7.22. The third-order valence-corrected chi connectivity index (χ3v) is 2.64. The highest BCUT2D eigenvalue weighted by atomic mass is 32.2. The molecule has 1 atom stereocenters. The molecule has 82 valence electrons. The van der Waals surface area contributed by atoms with Crippen LogP contribution in [0.3, 0.4) is 0 Å². The van der Waals surface area contributed by atoms with Crippen molar-refractivity contribution in [1.82, 2.24) is 0 Å². The SMILES string of the molecule is CCOC(C=C(F)F)Sc1ccccc1. The Morgan fingerprint density at radius 3 is 2.60 bits per heavy atom. The zero-order chi connectivity index (χ0) is 11.1. The van der Waals surface area contributed by atoms with Crippen molar-refractivity contribution in [1.29, 1.82) is 0 Å². The lowest BCUT2D eigenvalue weighted by molar-refractivity contribution is 0.151. The Labute approximate surface area is 92.1 Å². The van der Waals surface area contributed by atoms with Crippen LogP contribution < -0.4 is 0 Å². The summed E-state index contributed by atoms with van der Waals surface area (Å²) in [7, 11) is 0. The molecule has 1 rings (SSSR count). The van der Waals surface area contributed by atoms with Crippen LogP contribution in [-0.4, -0.2) is 12.0 Å². The Balaban J connectivity index is 2.63. The summed E-state index contributed by atoms with van der Waals surface area (Å²) in [5.41, 5.74) is -0.623. The van der Waals surface area contributed by atoms with Gasteiger partial charge in [-0.1, -0.05) is 30.0 Å². The van der Waals surface area contributed by atoms with Crippen LogP contribution in [0.4, 0.5) is 8.78 Å². The highest BCUT2D eigenvalue weighted by Gasteiger charge is 2.08. The molecule has 0 aliphatic carbocycles. The fraction of sp³-hybridized carbons (Fsp3) is 0.273. The van der Waals surface area contributed by atoms with Crippen molar-refractivity contribution in [3.05, 3.63) is 42.5 Å². The van der Waals surface area contributed by atoms with Crippen LogP contribution in [0.2, 0.25) is 0 Å². The van der Waals surface area contributed by atoms with Crippen LogP contribution >= 0.6 is 11.8 Å². The second kappa shape index (κ2) is 6.58. The van der Waals surface area contributed by atoms with E-state index in [1.165, 1.54) is 11.8 Å². The molecule has 0 aliphatic heterocycles. The molecule has 0 heterocycles. The first kappa shape index (κ1) is 12.2. The van der Waals surface area contributed by atoms with Gasteiger partial charge in [0.25, 0.3) is 6.08 Å². The van der Waals surface area contributed by atoms with Gasteiger partial charge in [-0.2, -0.15) is 8.78 Å². The van der Waals surface area contributed by atoms with E-state index in [1.807, 2.05) is 30.3 Å². The molecule has 0 spiro atoms. The number of thioether (sulfide) groups is 1. The second-order valence-corrected chi connectivity index (χ2v) is 3.88. The largest absolute Gasteiger partial charge is 0.363 e. The minimum Gasteiger partial charge on any atom is -0.363 e. The van der Waals surface area contributed by atoms with Crippen molar-refractivity contribution in [3.8, 4) is 0 Å². The van der Waals surface area contributed by atoms with Crippen LogP contribution in [0.25, 0.3) is 0 Å². The van der Waals surface area contributed by atoms with Gasteiger partial charge in [0, 0.05) is 17.6 Å². The zero-order valence-electron chi connectivity index (χ0n) is 8.32. The van der Waals surface area contributed by atoms with Gasteiger partial charge in [-0.05, 0) is 19.1 Å². The predicted octanol–water partition coefficient (Wildman–Crippen LogP) is 3.92. The Morgan fingerprint density at radius 2 is 2.07 bits per heavy atom. The molecular weight excluding hydrogens is 218 g/mol. The molecule has 1 nitrogen and oxygen atoms in total. The third-order valence-electron chi connectivity index (χ3n) is 1.59. The number of hydrogen-bond donors (Lipinski definition) is 0. The fourth-order valence-electron chi connectivity index (χ4n) is 1.02. The summed E-state index contributed by atoms with van der Waals surface area (Å²) in [5, 5.41) is 0. The highest BCUT2D eigenvalue weighted by Crippen LogP contribution is 2.25. The molecule has 0 fully saturated rings. The van der Waals surface area contributed by atoms with Gasteiger partial charge in [-0.25, -0.2) is 0 Å². The maximum atomic E-state index is 12.1. The summed E-state index contributed by atoms with van der Waals surface area (Å²) in [6.45, 7) is 2.19. The van der Waals surface area contributed by atoms with Gasteiger partial charge in [-0.15, -0.1) is 0 Å². The number of benzene rings is 1. The monoisotopic (exact) mass is 230 g/mol. The first-order valence-corrected chi connectivity index (χ1v) is 5.46. The van der Waals surface area contributed by atoms with E-state index in [1.54, 1.807) is 6.92 Å². The Bertz CT molecular complexity index is 310. The smallest absolute Gasteiger partial charge is 0.269 e. The molecule has 1 aromatic rings. The van der Waals surface area contributed by atoms with Crippen LogP contribution in [0.15, 0.2) is 47.4 Å². The maximum absolute atomic E-state index is 12.1. The third kappa shape index (κ3) is 4.95. The van der Waals surface area contributed by atoms with Crippen molar-refractivity contribution >= 4 is 11.8 Å². The Kier molecular flexibility index (Phi) is 5.36. The Morgan fingerprint density at radius 1 is 1.40 bits per heavy atom. The molecule has 0 radical (unpaired) electrons. The number of rotatable bonds is 5. The molecule has 1 unspecified atom stereocenters. The average Bonchev–Trinajstić information content (AvgIpc) is 2.18. The van der Waals surface area contributed by atoms with Crippen molar-refractivity contribution in [2.24, 2.45) is 0 Å². The summed E-state index contributed by atoms with van der Waals surface area (Å²) in [4.78, 5) is 0.911. The molecule has 0 amide bonds. The van der Waals surface area contributed by atoms with Gasteiger partial charge in [0.15, 0.2) is 0 Å². The molecule has 0 N–H and O–H groups in total. The maximum Gasteiger partial charge on any atom is 0.269 e. The summed E-state index contributed by atoms with van der Waals surface area (Å²) in [6, 6.07) is 9.33.